The van der Waals surface area contributed by atoms with E-state index in [0.717, 1.165) is 11.1 Å². The van der Waals surface area contributed by atoms with Gasteiger partial charge in [-0.05, 0) is 35.4 Å². The number of amides is 2. The summed E-state index contributed by atoms with van der Waals surface area (Å²) in [5.41, 5.74) is 8.98. The Morgan fingerprint density at radius 2 is 1.44 bits per heavy atom. The minimum atomic E-state index is -0.568. The smallest absolute Gasteiger partial charge is 0.250 e. The lowest BCUT2D eigenvalue weighted by atomic mass is 10.0. The Kier molecular flexibility index (Phi) is 4.61. The van der Waals surface area contributed by atoms with E-state index < -0.39 is 5.91 Å². The molecule has 0 atom stereocenters. The molecule has 124 valence electrons. The van der Waals surface area contributed by atoms with Gasteiger partial charge in [0.1, 0.15) is 0 Å². The molecular weight excluding hydrogens is 312 g/mol. The first kappa shape index (κ1) is 16.5. The summed E-state index contributed by atoms with van der Waals surface area (Å²) in [5, 5.41) is 0. The van der Waals surface area contributed by atoms with Crippen molar-refractivity contribution in [2.75, 3.05) is 4.90 Å². The van der Waals surface area contributed by atoms with Crippen molar-refractivity contribution < 1.29 is 9.59 Å². The van der Waals surface area contributed by atoms with E-state index in [-0.39, 0.29) is 5.91 Å². The normalized spacial score (nSPS) is 10.3. The molecule has 0 saturated carbocycles. The van der Waals surface area contributed by atoms with Crippen molar-refractivity contribution >= 4 is 23.2 Å². The van der Waals surface area contributed by atoms with Crippen molar-refractivity contribution in [2.24, 2.45) is 5.73 Å². The van der Waals surface area contributed by atoms with Gasteiger partial charge in [0.05, 0.1) is 11.3 Å². The van der Waals surface area contributed by atoms with Gasteiger partial charge in [-0.1, -0.05) is 54.6 Å². The van der Waals surface area contributed by atoms with Crippen LogP contribution in [-0.2, 0) is 4.79 Å². The second kappa shape index (κ2) is 7.01. The predicted molar refractivity (Wildman–Crippen MR) is 99.7 cm³/mol. The molecule has 3 aromatic carbocycles. The summed E-state index contributed by atoms with van der Waals surface area (Å²) >= 11 is 0. The van der Waals surface area contributed by atoms with E-state index in [1.54, 1.807) is 24.3 Å². The van der Waals surface area contributed by atoms with Gasteiger partial charge in [0.2, 0.25) is 5.91 Å². The molecule has 0 bridgehead atoms. The van der Waals surface area contributed by atoms with E-state index in [2.05, 4.69) is 0 Å². The van der Waals surface area contributed by atoms with Gasteiger partial charge in [0.25, 0.3) is 5.91 Å². The molecule has 25 heavy (non-hydrogen) atoms. The van der Waals surface area contributed by atoms with Gasteiger partial charge in [-0.2, -0.15) is 0 Å². The van der Waals surface area contributed by atoms with Gasteiger partial charge in [0, 0.05) is 12.6 Å². The number of benzene rings is 3. The minimum absolute atomic E-state index is 0.195. The summed E-state index contributed by atoms with van der Waals surface area (Å²) in [6, 6.07) is 24.4. The summed E-state index contributed by atoms with van der Waals surface area (Å²) in [4.78, 5) is 25.6. The fraction of sp³-hybridized carbons (Fsp3) is 0.0476. The Hall–Kier alpha value is -3.40. The Morgan fingerprint density at radius 1 is 0.800 bits per heavy atom. The number of primary amides is 1. The van der Waals surface area contributed by atoms with E-state index >= 15 is 0 Å². The van der Waals surface area contributed by atoms with Crippen LogP contribution in [0.4, 0.5) is 11.4 Å². The molecule has 3 rings (SSSR count). The highest BCUT2D eigenvalue weighted by molar-refractivity contribution is 6.07. The van der Waals surface area contributed by atoms with Crippen LogP contribution in [-0.4, -0.2) is 11.8 Å². The zero-order chi connectivity index (χ0) is 17.8. The Balaban J connectivity index is 2.12. The molecule has 4 nitrogen and oxygen atoms in total. The van der Waals surface area contributed by atoms with Gasteiger partial charge in [-0.3, -0.25) is 14.5 Å². The van der Waals surface area contributed by atoms with E-state index in [4.69, 9.17) is 5.73 Å². The van der Waals surface area contributed by atoms with Crippen LogP contribution in [0.3, 0.4) is 0 Å². The first-order valence-corrected chi connectivity index (χ1v) is 7.93. The molecule has 0 fully saturated rings. The highest BCUT2D eigenvalue weighted by atomic mass is 16.2. The molecule has 0 aliphatic heterocycles. The molecule has 0 aliphatic rings. The SMILES string of the molecule is CC(=O)N(c1cccc(-c2ccccc2)c1)c1ccccc1C(N)=O. The van der Waals surface area contributed by atoms with Crippen LogP contribution in [0.2, 0.25) is 0 Å². The van der Waals surface area contributed by atoms with Crippen molar-refractivity contribution in [2.45, 2.75) is 6.92 Å². The molecule has 0 unspecified atom stereocenters. The molecule has 0 saturated heterocycles. The van der Waals surface area contributed by atoms with Crippen LogP contribution in [0.25, 0.3) is 11.1 Å². The average molecular weight is 330 g/mol. The zero-order valence-electron chi connectivity index (χ0n) is 13.8. The lowest BCUT2D eigenvalue weighted by Gasteiger charge is -2.24. The monoisotopic (exact) mass is 330 g/mol. The van der Waals surface area contributed by atoms with Crippen molar-refractivity contribution in [1.82, 2.24) is 0 Å². The number of carbonyl (C=O) groups excluding carboxylic acids is 2. The summed E-state index contributed by atoms with van der Waals surface area (Å²) in [7, 11) is 0. The maximum atomic E-state index is 12.3. The Morgan fingerprint density at radius 3 is 2.12 bits per heavy atom. The van der Waals surface area contributed by atoms with Crippen LogP contribution in [0, 0.1) is 0 Å². The van der Waals surface area contributed by atoms with E-state index in [1.165, 1.54) is 11.8 Å². The topological polar surface area (TPSA) is 63.4 Å². The van der Waals surface area contributed by atoms with Crippen LogP contribution >= 0.6 is 0 Å². The molecule has 3 aromatic rings. The second-order valence-corrected chi connectivity index (χ2v) is 5.65. The standard InChI is InChI=1S/C21H18N2O2/c1-15(24)23(20-13-6-5-12-19(20)21(22)25)18-11-7-10-17(14-18)16-8-3-2-4-9-16/h2-14H,1H3,(H2,22,25). The quantitative estimate of drug-likeness (QED) is 0.781. The predicted octanol–water partition coefficient (Wildman–Crippen LogP) is 4.14. The number of nitrogens with two attached hydrogens (primary N) is 1. The first-order valence-electron chi connectivity index (χ1n) is 7.93. The average Bonchev–Trinajstić information content (AvgIpc) is 2.63. The third-order valence-electron chi connectivity index (χ3n) is 3.94. The minimum Gasteiger partial charge on any atom is -0.366 e. The zero-order valence-corrected chi connectivity index (χ0v) is 13.8. The summed E-state index contributed by atoms with van der Waals surface area (Å²) < 4.78 is 0. The Labute approximate surface area is 146 Å². The molecule has 0 spiro atoms. The maximum Gasteiger partial charge on any atom is 0.250 e. The van der Waals surface area contributed by atoms with Crippen molar-refractivity contribution in [3.8, 4) is 11.1 Å². The van der Waals surface area contributed by atoms with Gasteiger partial charge in [0.15, 0.2) is 0 Å². The lowest BCUT2D eigenvalue weighted by molar-refractivity contribution is -0.115. The number of nitrogens with zero attached hydrogens (tertiary/aromatic N) is 1. The van der Waals surface area contributed by atoms with E-state index in [9.17, 15) is 9.59 Å². The van der Waals surface area contributed by atoms with Crippen LogP contribution < -0.4 is 10.6 Å². The fourth-order valence-electron chi connectivity index (χ4n) is 2.82. The van der Waals surface area contributed by atoms with Gasteiger partial charge in [-0.25, -0.2) is 0 Å². The van der Waals surface area contributed by atoms with Crippen molar-refractivity contribution in [1.29, 1.82) is 0 Å². The van der Waals surface area contributed by atoms with Crippen molar-refractivity contribution in [3.05, 3.63) is 84.4 Å². The number of anilines is 2. The molecule has 4 heteroatoms. The number of rotatable bonds is 4. The summed E-state index contributed by atoms with van der Waals surface area (Å²) in [5.74, 6) is -0.764. The largest absolute Gasteiger partial charge is 0.366 e. The second-order valence-electron chi connectivity index (χ2n) is 5.65. The fourth-order valence-corrected chi connectivity index (χ4v) is 2.82. The highest BCUT2D eigenvalue weighted by Gasteiger charge is 2.19. The van der Waals surface area contributed by atoms with Crippen molar-refractivity contribution in [3.63, 3.8) is 0 Å². The molecular formula is C21H18N2O2. The molecule has 0 aliphatic carbocycles. The number of para-hydroxylation sites is 1. The molecule has 0 radical (unpaired) electrons. The third-order valence-corrected chi connectivity index (χ3v) is 3.94. The molecule has 2 amide bonds. The van der Waals surface area contributed by atoms with E-state index in [1.807, 2.05) is 54.6 Å². The molecule has 0 heterocycles. The number of hydrogen-bond acceptors (Lipinski definition) is 2. The lowest BCUT2D eigenvalue weighted by Crippen LogP contribution is -2.26. The highest BCUT2D eigenvalue weighted by Crippen LogP contribution is 2.31. The van der Waals surface area contributed by atoms with E-state index in [0.29, 0.717) is 16.9 Å². The summed E-state index contributed by atoms with van der Waals surface area (Å²) in [6.07, 6.45) is 0. The van der Waals surface area contributed by atoms with Crippen LogP contribution in [0.5, 0.6) is 0 Å². The molecule has 0 aromatic heterocycles. The molecule has 2 N–H and O–H groups in total. The number of carbonyl (C=O) groups is 2. The van der Waals surface area contributed by atoms with Gasteiger partial charge >= 0.3 is 0 Å². The summed E-state index contributed by atoms with van der Waals surface area (Å²) in [6.45, 7) is 1.47. The Bertz CT molecular complexity index is 920. The van der Waals surface area contributed by atoms with Gasteiger partial charge in [-0.15, -0.1) is 0 Å². The van der Waals surface area contributed by atoms with Crippen LogP contribution in [0.1, 0.15) is 17.3 Å². The first-order chi connectivity index (χ1) is 12.1. The van der Waals surface area contributed by atoms with Gasteiger partial charge < -0.3 is 5.73 Å². The maximum absolute atomic E-state index is 12.3. The number of hydrogen-bond donors (Lipinski definition) is 1. The van der Waals surface area contributed by atoms with Crippen LogP contribution in [0.15, 0.2) is 78.9 Å². The third kappa shape index (κ3) is 3.43.